The molecule has 2 rings (SSSR count). The number of hydrogen-bond donors (Lipinski definition) is 1. The van der Waals surface area contributed by atoms with Gasteiger partial charge in [-0.25, -0.2) is 8.42 Å². The highest BCUT2D eigenvalue weighted by Gasteiger charge is 2.33. The van der Waals surface area contributed by atoms with Crippen molar-refractivity contribution in [2.24, 2.45) is 0 Å². The van der Waals surface area contributed by atoms with Crippen LogP contribution in [0.2, 0.25) is 0 Å². The number of halogens is 3. The fourth-order valence-electron chi connectivity index (χ4n) is 2.84. The molecule has 0 saturated carbocycles. The lowest BCUT2D eigenvalue weighted by atomic mass is 10.0. The summed E-state index contributed by atoms with van der Waals surface area (Å²) in [6, 6.07) is 3.68. The summed E-state index contributed by atoms with van der Waals surface area (Å²) in [5, 5.41) is 14.2. The Morgan fingerprint density at radius 3 is 2.40 bits per heavy atom. The smallest absolute Gasteiger partial charge is 0.377 e. The minimum atomic E-state index is -4.26. The second-order valence-electron chi connectivity index (χ2n) is 5.99. The highest BCUT2D eigenvalue weighted by molar-refractivity contribution is 7.90. The number of alkyl halides is 3. The van der Waals surface area contributed by atoms with Gasteiger partial charge in [0.15, 0.2) is 9.84 Å². The van der Waals surface area contributed by atoms with Gasteiger partial charge in [0.05, 0.1) is 11.5 Å². The van der Waals surface area contributed by atoms with E-state index < -0.39 is 38.1 Å². The fourth-order valence-corrected chi connectivity index (χ4v) is 3.70. The Bertz CT molecular complexity index is 744. The number of rotatable bonds is 5. The zero-order valence-electron chi connectivity index (χ0n) is 13.4. The molecule has 1 aliphatic heterocycles. The molecule has 1 aliphatic rings. The molecule has 11 heteroatoms. The van der Waals surface area contributed by atoms with Crippen LogP contribution in [0, 0.1) is 10.1 Å². The van der Waals surface area contributed by atoms with Gasteiger partial charge in [0, 0.05) is 25.4 Å². The van der Waals surface area contributed by atoms with Gasteiger partial charge in [-0.2, -0.15) is 13.2 Å². The maximum Gasteiger partial charge on any atom is 0.401 e. The molecule has 1 N–H and O–H groups in total. The lowest BCUT2D eigenvalue weighted by Gasteiger charge is -2.33. The van der Waals surface area contributed by atoms with Crippen molar-refractivity contribution in [3.63, 3.8) is 0 Å². The van der Waals surface area contributed by atoms with Crippen LogP contribution in [0.15, 0.2) is 23.1 Å². The van der Waals surface area contributed by atoms with E-state index in [0.717, 1.165) is 12.3 Å². The van der Waals surface area contributed by atoms with Crippen molar-refractivity contribution in [2.45, 2.75) is 30.0 Å². The number of hydrogen-bond acceptors (Lipinski definition) is 6. The molecule has 0 aromatic heterocycles. The molecule has 0 aliphatic carbocycles. The molecule has 25 heavy (non-hydrogen) atoms. The molecule has 140 valence electrons. The number of para-hydroxylation sites is 1. The summed E-state index contributed by atoms with van der Waals surface area (Å²) in [7, 11) is -3.79. The number of benzene rings is 1. The van der Waals surface area contributed by atoms with Gasteiger partial charge in [-0.3, -0.25) is 15.0 Å². The topological polar surface area (TPSA) is 92.6 Å². The Hall–Kier alpha value is -1.88. The number of likely N-dealkylation sites (tertiary alicyclic amines) is 1. The molecule has 0 bridgehead atoms. The van der Waals surface area contributed by atoms with Crippen LogP contribution in [0.5, 0.6) is 0 Å². The summed E-state index contributed by atoms with van der Waals surface area (Å²) in [6.45, 7) is -0.573. The van der Waals surface area contributed by atoms with Gasteiger partial charge in [-0.15, -0.1) is 0 Å². The number of nitro groups is 1. The molecule has 7 nitrogen and oxygen atoms in total. The molecular formula is C14H18F3N3O4S. The van der Waals surface area contributed by atoms with Crippen molar-refractivity contribution in [1.82, 2.24) is 4.90 Å². The van der Waals surface area contributed by atoms with E-state index in [1.54, 1.807) is 0 Å². The van der Waals surface area contributed by atoms with Gasteiger partial charge in [0.1, 0.15) is 10.6 Å². The number of nitrogens with one attached hydrogen (secondary N) is 1. The van der Waals surface area contributed by atoms with Crippen molar-refractivity contribution >= 4 is 21.2 Å². The van der Waals surface area contributed by atoms with E-state index in [1.165, 1.54) is 17.0 Å². The predicted octanol–water partition coefficient (Wildman–Crippen LogP) is 2.44. The largest absolute Gasteiger partial charge is 0.401 e. The molecular weight excluding hydrogens is 363 g/mol. The van der Waals surface area contributed by atoms with E-state index in [4.69, 9.17) is 0 Å². The quantitative estimate of drug-likeness (QED) is 0.622. The Morgan fingerprint density at radius 1 is 1.32 bits per heavy atom. The van der Waals surface area contributed by atoms with Gasteiger partial charge < -0.3 is 5.32 Å². The van der Waals surface area contributed by atoms with Crippen LogP contribution in [-0.4, -0.2) is 56.3 Å². The zero-order chi connectivity index (χ0) is 18.8. The molecule has 1 aromatic carbocycles. The molecule has 0 spiro atoms. The second-order valence-corrected chi connectivity index (χ2v) is 7.98. The molecule has 0 atom stereocenters. The fraction of sp³-hybridized carbons (Fsp3) is 0.571. The third-order valence-corrected chi connectivity index (χ3v) is 5.06. The average molecular weight is 381 g/mol. The van der Waals surface area contributed by atoms with Crippen LogP contribution in [0.4, 0.5) is 24.5 Å². The van der Waals surface area contributed by atoms with Crippen LogP contribution in [-0.2, 0) is 9.84 Å². The van der Waals surface area contributed by atoms with Crippen LogP contribution in [0.1, 0.15) is 12.8 Å². The van der Waals surface area contributed by atoms with Crippen LogP contribution >= 0.6 is 0 Å². The third-order valence-electron chi connectivity index (χ3n) is 3.93. The average Bonchev–Trinajstić information content (AvgIpc) is 2.46. The minimum absolute atomic E-state index is 0.0576. The Kier molecular flexibility index (Phi) is 5.57. The highest BCUT2D eigenvalue weighted by atomic mass is 32.2. The maximum absolute atomic E-state index is 12.4. The summed E-state index contributed by atoms with van der Waals surface area (Å²) in [5.74, 6) is 0. The third kappa shape index (κ3) is 5.30. The van der Waals surface area contributed by atoms with Gasteiger partial charge in [0.2, 0.25) is 0 Å². The van der Waals surface area contributed by atoms with E-state index in [0.29, 0.717) is 12.8 Å². The first-order valence-electron chi connectivity index (χ1n) is 7.50. The van der Waals surface area contributed by atoms with Crippen molar-refractivity contribution in [3.05, 3.63) is 28.3 Å². The van der Waals surface area contributed by atoms with Gasteiger partial charge >= 0.3 is 11.9 Å². The van der Waals surface area contributed by atoms with Crippen LogP contribution in [0.3, 0.4) is 0 Å². The summed E-state index contributed by atoms with van der Waals surface area (Å²) in [6.07, 6.45) is -2.63. The van der Waals surface area contributed by atoms with Gasteiger partial charge in [-0.05, 0) is 25.0 Å². The highest BCUT2D eigenvalue weighted by Crippen LogP contribution is 2.33. The summed E-state index contributed by atoms with van der Waals surface area (Å²) < 4.78 is 60.6. The predicted molar refractivity (Wildman–Crippen MR) is 85.3 cm³/mol. The molecule has 0 unspecified atom stereocenters. The lowest BCUT2D eigenvalue weighted by molar-refractivity contribution is -0.386. The number of anilines is 1. The van der Waals surface area contributed by atoms with E-state index in [9.17, 15) is 31.7 Å². The van der Waals surface area contributed by atoms with Gasteiger partial charge in [-0.1, -0.05) is 6.07 Å². The van der Waals surface area contributed by atoms with E-state index >= 15 is 0 Å². The Morgan fingerprint density at radius 2 is 1.92 bits per heavy atom. The lowest BCUT2D eigenvalue weighted by Crippen LogP contribution is -2.43. The van der Waals surface area contributed by atoms with E-state index in [-0.39, 0.29) is 24.8 Å². The van der Waals surface area contributed by atoms with Crippen molar-refractivity contribution in [1.29, 1.82) is 0 Å². The SMILES string of the molecule is CS(=O)(=O)c1cccc(NC2CCN(CC(F)(F)F)CC2)c1[N+](=O)[O-]. The molecule has 1 fully saturated rings. The minimum Gasteiger partial charge on any atom is -0.377 e. The molecule has 1 saturated heterocycles. The standard InChI is InChI=1S/C14H18F3N3O4S/c1-25(23,24)12-4-2-3-11(13(12)20(21)22)18-10-5-7-19(8-6-10)9-14(15,16)17/h2-4,10,18H,5-9H2,1H3. The summed E-state index contributed by atoms with van der Waals surface area (Å²) in [5.41, 5.74) is -0.482. The summed E-state index contributed by atoms with van der Waals surface area (Å²) >= 11 is 0. The van der Waals surface area contributed by atoms with E-state index in [1.807, 2.05) is 0 Å². The second kappa shape index (κ2) is 7.16. The zero-order valence-corrected chi connectivity index (χ0v) is 14.2. The number of nitro benzene ring substituents is 1. The molecule has 1 heterocycles. The molecule has 0 radical (unpaired) electrons. The molecule has 0 amide bonds. The van der Waals surface area contributed by atoms with Crippen molar-refractivity contribution < 1.29 is 26.5 Å². The Balaban J connectivity index is 2.13. The van der Waals surface area contributed by atoms with Gasteiger partial charge in [0.25, 0.3) is 0 Å². The number of sulfone groups is 1. The number of nitrogens with zero attached hydrogens (tertiary/aromatic N) is 2. The summed E-state index contributed by atoms with van der Waals surface area (Å²) in [4.78, 5) is 11.4. The van der Waals surface area contributed by atoms with Crippen LogP contribution < -0.4 is 5.32 Å². The molecule has 1 aromatic rings. The maximum atomic E-state index is 12.4. The first-order chi connectivity index (χ1) is 11.5. The van der Waals surface area contributed by atoms with Crippen molar-refractivity contribution in [2.75, 3.05) is 31.2 Å². The first kappa shape index (κ1) is 19.4. The van der Waals surface area contributed by atoms with Crippen molar-refractivity contribution in [3.8, 4) is 0 Å². The monoisotopic (exact) mass is 381 g/mol. The Labute approximate surface area is 142 Å². The first-order valence-corrected chi connectivity index (χ1v) is 9.39. The van der Waals surface area contributed by atoms with E-state index in [2.05, 4.69) is 5.32 Å². The number of piperidine rings is 1. The normalized spacial score (nSPS) is 17.4. The van der Waals surface area contributed by atoms with Crippen LogP contribution in [0.25, 0.3) is 0 Å².